The summed E-state index contributed by atoms with van der Waals surface area (Å²) in [6.45, 7) is 10.8. The van der Waals surface area contributed by atoms with Crippen molar-refractivity contribution in [3.05, 3.63) is 40.5 Å². The van der Waals surface area contributed by atoms with E-state index in [1.807, 2.05) is 39.8 Å². The third kappa shape index (κ3) is 5.96. The Morgan fingerprint density at radius 1 is 1.10 bits per heavy atom. The van der Waals surface area contributed by atoms with Crippen LogP contribution in [0.4, 0.5) is 0 Å². The zero-order valence-electron chi connectivity index (χ0n) is 18.9. The second kappa shape index (κ2) is 11.3. The van der Waals surface area contributed by atoms with Crippen molar-refractivity contribution in [2.75, 3.05) is 26.4 Å². The summed E-state index contributed by atoms with van der Waals surface area (Å²) in [6, 6.07) is 7.33. The van der Waals surface area contributed by atoms with Gasteiger partial charge in [0.2, 0.25) is 0 Å². The molecule has 1 aromatic carbocycles. The average molecular weight is 427 g/mol. The molecule has 0 radical (unpaired) electrons. The van der Waals surface area contributed by atoms with Crippen LogP contribution in [-0.2, 0) is 14.3 Å². The number of rotatable bonds is 10. The fourth-order valence-corrected chi connectivity index (χ4v) is 3.20. The summed E-state index contributed by atoms with van der Waals surface area (Å²) in [7, 11) is 0. The average Bonchev–Trinajstić information content (AvgIpc) is 2.73. The van der Waals surface area contributed by atoms with Gasteiger partial charge in [-0.25, -0.2) is 0 Å². The van der Waals surface area contributed by atoms with Gasteiger partial charge in [-0.05, 0) is 70.4 Å². The molecule has 0 aliphatic carbocycles. The number of benzene rings is 1. The Morgan fingerprint density at radius 3 is 2.39 bits per heavy atom. The molecule has 2 rings (SSSR count). The first-order chi connectivity index (χ1) is 14.8. The van der Waals surface area contributed by atoms with Crippen LogP contribution in [0.25, 0.3) is 6.08 Å². The molecule has 0 atom stereocenters. The number of imide groups is 1. The van der Waals surface area contributed by atoms with Gasteiger partial charge in [-0.2, -0.15) is 5.26 Å². The van der Waals surface area contributed by atoms with Crippen LogP contribution in [0.2, 0.25) is 0 Å². The first kappa shape index (κ1) is 24.2. The third-order valence-corrected chi connectivity index (χ3v) is 4.68. The largest absolute Gasteiger partial charge is 0.490 e. The Kier molecular flexibility index (Phi) is 8.83. The molecule has 166 valence electrons. The Hall–Kier alpha value is -3.11. The maximum Gasteiger partial charge on any atom is 0.271 e. The van der Waals surface area contributed by atoms with E-state index < -0.39 is 11.8 Å². The predicted octanol–water partition coefficient (Wildman–Crippen LogP) is 3.89. The molecule has 1 aliphatic heterocycles. The highest BCUT2D eigenvalue weighted by molar-refractivity contribution is 6.19. The van der Waals surface area contributed by atoms with Crippen LogP contribution >= 0.6 is 0 Å². The van der Waals surface area contributed by atoms with E-state index in [0.717, 1.165) is 4.90 Å². The fourth-order valence-electron chi connectivity index (χ4n) is 3.20. The van der Waals surface area contributed by atoms with Gasteiger partial charge in [0.05, 0.1) is 19.3 Å². The Labute approximate surface area is 183 Å². The summed E-state index contributed by atoms with van der Waals surface area (Å²) in [5, 5.41) is 9.52. The van der Waals surface area contributed by atoms with Gasteiger partial charge in [0, 0.05) is 18.7 Å². The lowest BCUT2D eigenvalue weighted by Crippen LogP contribution is -2.43. The number of carbonyl (C=O) groups is 2. The lowest BCUT2D eigenvalue weighted by atomic mass is 9.93. The lowest BCUT2D eigenvalue weighted by Gasteiger charge is -2.27. The van der Waals surface area contributed by atoms with Crippen LogP contribution < -0.4 is 9.47 Å². The summed E-state index contributed by atoms with van der Waals surface area (Å²) in [4.78, 5) is 26.9. The van der Waals surface area contributed by atoms with Gasteiger partial charge in [-0.3, -0.25) is 14.5 Å². The van der Waals surface area contributed by atoms with Crippen molar-refractivity contribution in [3.63, 3.8) is 0 Å². The summed E-state index contributed by atoms with van der Waals surface area (Å²) in [5.41, 5.74) is 1.38. The number of amides is 2. The molecule has 0 aromatic heterocycles. The molecule has 2 amide bonds. The number of carbonyl (C=O) groups excluding carboxylic acids is 2. The van der Waals surface area contributed by atoms with E-state index in [-0.39, 0.29) is 18.2 Å². The minimum absolute atomic E-state index is 0.0217. The van der Waals surface area contributed by atoms with E-state index in [2.05, 4.69) is 0 Å². The number of nitrogens with zero attached hydrogens (tertiary/aromatic N) is 2. The molecular weight excluding hydrogens is 396 g/mol. The minimum Gasteiger partial charge on any atom is -0.490 e. The van der Waals surface area contributed by atoms with Gasteiger partial charge >= 0.3 is 0 Å². The SMILES string of the molecule is CCOc1ccc(/C=C2/C(=O)N(CCCOC(C)C)C(=O)C(C#N)=C2C)cc1OCC. The standard InChI is InChI=1S/C24H30N2O5/c1-6-29-21-10-9-18(14-22(21)30-7-2)13-19-17(5)20(15-25)24(28)26(23(19)27)11-8-12-31-16(3)4/h9-10,13-14,16H,6-8,11-12H2,1-5H3/b19-13+. The normalized spacial score (nSPS) is 15.6. The topological polar surface area (TPSA) is 88.9 Å². The van der Waals surface area contributed by atoms with E-state index in [9.17, 15) is 14.9 Å². The maximum atomic E-state index is 13.1. The molecule has 31 heavy (non-hydrogen) atoms. The van der Waals surface area contributed by atoms with Crippen LogP contribution in [0.1, 0.15) is 46.6 Å². The molecule has 0 spiro atoms. The highest BCUT2D eigenvalue weighted by Crippen LogP contribution is 2.32. The molecular formula is C24H30N2O5. The molecule has 0 saturated heterocycles. The van der Waals surface area contributed by atoms with Gasteiger partial charge < -0.3 is 14.2 Å². The van der Waals surface area contributed by atoms with E-state index in [4.69, 9.17) is 14.2 Å². The van der Waals surface area contributed by atoms with E-state index in [0.29, 0.717) is 54.5 Å². The monoisotopic (exact) mass is 426 g/mol. The van der Waals surface area contributed by atoms with Gasteiger partial charge in [-0.15, -0.1) is 0 Å². The van der Waals surface area contributed by atoms with Gasteiger partial charge in [0.1, 0.15) is 11.6 Å². The van der Waals surface area contributed by atoms with Crippen LogP contribution in [0.5, 0.6) is 11.5 Å². The lowest BCUT2D eigenvalue weighted by molar-refractivity contribution is -0.140. The van der Waals surface area contributed by atoms with Crippen molar-refractivity contribution in [1.29, 1.82) is 5.26 Å². The molecule has 0 N–H and O–H groups in total. The number of hydrogen-bond donors (Lipinski definition) is 0. The van der Waals surface area contributed by atoms with E-state index in [1.54, 1.807) is 25.1 Å². The molecule has 7 heteroatoms. The molecule has 1 aliphatic rings. The number of nitriles is 1. The molecule has 0 unspecified atom stereocenters. The predicted molar refractivity (Wildman–Crippen MR) is 117 cm³/mol. The highest BCUT2D eigenvalue weighted by Gasteiger charge is 2.35. The summed E-state index contributed by atoms with van der Waals surface area (Å²) < 4.78 is 16.7. The first-order valence-corrected chi connectivity index (χ1v) is 10.5. The van der Waals surface area contributed by atoms with Crippen molar-refractivity contribution in [1.82, 2.24) is 4.90 Å². The van der Waals surface area contributed by atoms with E-state index >= 15 is 0 Å². The van der Waals surface area contributed by atoms with Crippen LogP contribution in [0, 0.1) is 11.3 Å². The van der Waals surface area contributed by atoms with Crippen molar-refractivity contribution >= 4 is 17.9 Å². The second-order valence-electron chi connectivity index (χ2n) is 7.28. The Bertz CT molecular complexity index is 924. The third-order valence-electron chi connectivity index (χ3n) is 4.68. The molecule has 0 bridgehead atoms. The molecule has 1 heterocycles. The zero-order valence-corrected chi connectivity index (χ0v) is 18.9. The number of hydrogen-bond acceptors (Lipinski definition) is 6. The van der Waals surface area contributed by atoms with Crippen LogP contribution in [0.3, 0.4) is 0 Å². The molecule has 0 fully saturated rings. The van der Waals surface area contributed by atoms with Crippen molar-refractivity contribution in [2.45, 2.75) is 47.1 Å². The first-order valence-electron chi connectivity index (χ1n) is 10.5. The quantitative estimate of drug-likeness (QED) is 0.320. The maximum absolute atomic E-state index is 13.1. The van der Waals surface area contributed by atoms with Crippen LogP contribution in [-0.4, -0.2) is 49.2 Å². The van der Waals surface area contributed by atoms with Gasteiger partial charge in [-0.1, -0.05) is 6.07 Å². The summed E-state index contributed by atoms with van der Waals surface area (Å²) >= 11 is 0. The van der Waals surface area contributed by atoms with Crippen LogP contribution in [0.15, 0.2) is 34.9 Å². The van der Waals surface area contributed by atoms with Crippen molar-refractivity contribution < 1.29 is 23.8 Å². The van der Waals surface area contributed by atoms with Crippen molar-refractivity contribution in [3.8, 4) is 17.6 Å². The van der Waals surface area contributed by atoms with Gasteiger partial charge in [0.25, 0.3) is 11.8 Å². The smallest absolute Gasteiger partial charge is 0.271 e. The Morgan fingerprint density at radius 2 is 1.77 bits per heavy atom. The molecule has 0 saturated carbocycles. The fraction of sp³-hybridized carbons (Fsp3) is 0.458. The number of ether oxygens (including phenoxy) is 3. The second-order valence-corrected chi connectivity index (χ2v) is 7.28. The van der Waals surface area contributed by atoms with E-state index in [1.165, 1.54) is 0 Å². The highest BCUT2D eigenvalue weighted by atomic mass is 16.5. The Balaban J connectivity index is 2.39. The summed E-state index contributed by atoms with van der Waals surface area (Å²) in [6.07, 6.45) is 2.24. The van der Waals surface area contributed by atoms with Crippen molar-refractivity contribution in [2.24, 2.45) is 0 Å². The molecule has 7 nitrogen and oxygen atoms in total. The van der Waals surface area contributed by atoms with Gasteiger partial charge in [0.15, 0.2) is 11.5 Å². The molecule has 1 aromatic rings. The minimum atomic E-state index is -0.562. The zero-order chi connectivity index (χ0) is 23.0. The summed E-state index contributed by atoms with van der Waals surface area (Å²) in [5.74, 6) is 0.211.